The first-order valence-electron chi connectivity index (χ1n) is 6.34. The van der Waals surface area contributed by atoms with E-state index in [1.54, 1.807) is 0 Å². The number of hydrogen-bond donors (Lipinski definition) is 0. The maximum atomic E-state index is 4.64. The zero-order chi connectivity index (χ0) is 12.9. The molecular formula is C17H17N. The Hall–Kier alpha value is -1.89. The number of aryl methyl sites for hydroxylation is 4. The lowest BCUT2D eigenvalue weighted by Crippen LogP contribution is -1.92. The van der Waals surface area contributed by atoms with E-state index in [0.29, 0.717) is 0 Å². The SMILES string of the molecule is Cc1ccc2c(c1)c(C)c(C)c1cc(C)cnc12. The zero-order valence-corrected chi connectivity index (χ0v) is 11.3. The number of aromatic nitrogens is 1. The normalized spacial score (nSPS) is 11.3. The molecule has 2 aromatic carbocycles. The first-order valence-corrected chi connectivity index (χ1v) is 6.34. The van der Waals surface area contributed by atoms with E-state index >= 15 is 0 Å². The number of rotatable bonds is 0. The average molecular weight is 235 g/mol. The molecule has 90 valence electrons. The van der Waals surface area contributed by atoms with Gasteiger partial charge in [0, 0.05) is 17.0 Å². The van der Waals surface area contributed by atoms with E-state index in [2.05, 4.69) is 56.9 Å². The van der Waals surface area contributed by atoms with E-state index in [-0.39, 0.29) is 0 Å². The van der Waals surface area contributed by atoms with Crippen LogP contribution in [0.1, 0.15) is 22.3 Å². The molecule has 0 saturated carbocycles. The Morgan fingerprint density at radius 3 is 2.17 bits per heavy atom. The molecule has 0 amide bonds. The molecule has 3 rings (SSSR count). The highest BCUT2D eigenvalue weighted by molar-refractivity contribution is 6.08. The van der Waals surface area contributed by atoms with Crippen LogP contribution in [0, 0.1) is 27.7 Å². The Morgan fingerprint density at radius 1 is 0.722 bits per heavy atom. The highest BCUT2D eigenvalue weighted by Gasteiger charge is 2.09. The summed E-state index contributed by atoms with van der Waals surface area (Å²) >= 11 is 0. The second-order valence-corrected chi connectivity index (χ2v) is 5.21. The van der Waals surface area contributed by atoms with E-state index in [1.165, 1.54) is 38.4 Å². The van der Waals surface area contributed by atoms with Crippen molar-refractivity contribution in [2.45, 2.75) is 27.7 Å². The largest absolute Gasteiger partial charge is 0.255 e. The van der Waals surface area contributed by atoms with Gasteiger partial charge in [0.25, 0.3) is 0 Å². The van der Waals surface area contributed by atoms with Gasteiger partial charge in [0.1, 0.15) is 0 Å². The number of nitrogens with zero attached hydrogens (tertiary/aromatic N) is 1. The summed E-state index contributed by atoms with van der Waals surface area (Å²) in [6, 6.07) is 8.86. The fraction of sp³-hybridized carbons (Fsp3) is 0.235. The smallest absolute Gasteiger partial charge is 0.0783 e. The van der Waals surface area contributed by atoms with Crippen LogP contribution in [-0.2, 0) is 0 Å². The van der Waals surface area contributed by atoms with E-state index in [9.17, 15) is 0 Å². The fourth-order valence-corrected chi connectivity index (χ4v) is 2.65. The van der Waals surface area contributed by atoms with Crippen LogP contribution >= 0.6 is 0 Å². The molecule has 1 aromatic heterocycles. The summed E-state index contributed by atoms with van der Waals surface area (Å²) in [5.41, 5.74) is 6.36. The Bertz CT molecular complexity index is 703. The van der Waals surface area contributed by atoms with Crippen LogP contribution in [0.4, 0.5) is 0 Å². The molecule has 0 unspecified atom stereocenters. The fourth-order valence-electron chi connectivity index (χ4n) is 2.65. The third kappa shape index (κ3) is 1.51. The van der Waals surface area contributed by atoms with Crippen LogP contribution in [0.15, 0.2) is 30.5 Å². The number of fused-ring (bicyclic) bond motifs is 3. The van der Waals surface area contributed by atoms with Gasteiger partial charge in [-0.2, -0.15) is 0 Å². The summed E-state index contributed by atoms with van der Waals surface area (Å²) in [4.78, 5) is 4.64. The second-order valence-electron chi connectivity index (χ2n) is 5.21. The van der Waals surface area contributed by atoms with Crippen LogP contribution < -0.4 is 0 Å². The van der Waals surface area contributed by atoms with Crippen molar-refractivity contribution in [2.75, 3.05) is 0 Å². The Labute approximate surface area is 107 Å². The third-order valence-corrected chi connectivity index (χ3v) is 3.83. The summed E-state index contributed by atoms with van der Waals surface area (Å²) in [5.74, 6) is 0. The minimum atomic E-state index is 1.12. The van der Waals surface area contributed by atoms with E-state index in [0.717, 1.165) is 5.52 Å². The predicted octanol–water partition coefficient (Wildman–Crippen LogP) is 4.62. The molecule has 0 spiro atoms. The molecule has 0 aliphatic heterocycles. The lowest BCUT2D eigenvalue weighted by atomic mass is 9.94. The molecule has 0 bridgehead atoms. The minimum absolute atomic E-state index is 1.12. The van der Waals surface area contributed by atoms with Gasteiger partial charge in [-0.1, -0.05) is 23.8 Å². The monoisotopic (exact) mass is 235 g/mol. The van der Waals surface area contributed by atoms with Gasteiger partial charge in [-0.05, 0) is 55.8 Å². The molecule has 0 atom stereocenters. The Morgan fingerprint density at radius 2 is 1.39 bits per heavy atom. The van der Waals surface area contributed by atoms with Gasteiger partial charge in [-0.25, -0.2) is 0 Å². The summed E-state index contributed by atoms with van der Waals surface area (Å²) in [7, 11) is 0. The van der Waals surface area contributed by atoms with E-state index in [1.807, 2.05) is 6.20 Å². The summed E-state index contributed by atoms with van der Waals surface area (Å²) in [6.07, 6.45) is 1.95. The highest BCUT2D eigenvalue weighted by Crippen LogP contribution is 2.31. The molecule has 0 fully saturated rings. The lowest BCUT2D eigenvalue weighted by Gasteiger charge is -2.12. The van der Waals surface area contributed by atoms with Crippen molar-refractivity contribution >= 4 is 21.7 Å². The standard InChI is InChI=1S/C17H17N/c1-10-5-6-14-15(7-10)12(3)13(4)16-8-11(2)9-18-17(14)16/h5-9H,1-4H3. The van der Waals surface area contributed by atoms with Crippen LogP contribution in [0.2, 0.25) is 0 Å². The van der Waals surface area contributed by atoms with Crippen molar-refractivity contribution in [3.63, 3.8) is 0 Å². The van der Waals surface area contributed by atoms with Crippen molar-refractivity contribution in [2.24, 2.45) is 0 Å². The minimum Gasteiger partial charge on any atom is -0.255 e. The maximum Gasteiger partial charge on any atom is 0.0783 e. The molecule has 1 heteroatoms. The quantitative estimate of drug-likeness (QED) is 0.518. The number of benzene rings is 2. The molecule has 18 heavy (non-hydrogen) atoms. The maximum absolute atomic E-state index is 4.64. The van der Waals surface area contributed by atoms with Crippen LogP contribution in [-0.4, -0.2) is 4.98 Å². The molecule has 0 radical (unpaired) electrons. The van der Waals surface area contributed by atoms with Gasteiger partial charge in [0.2, 0.25) is 0 Å². The zero-order valence-electron chi connectivity index (χ0n) is 11.3. The van der Waals surface area contributed by atoms with Gasteiger partial charge in [-0.3, -0.25) is 4.98 Å². The summed E-state index contributed by atoms with van der Waals surface area (Å²) < 4.78 is 0. The molecule has 3 aromatic rings. The van der Waals surface area contributed by atoms with Crippen molar-refractivity contribution in [1.82, 2.24) is 4.98 Å². The second kappa shape index (κ2) is 3.81. The molecule has 0 saturated heterocycles. The van der Waals surface area contributed by atoms with Crippen molar-refractivity contribution in [3.05, 3.63) is 52.7 Å². The van der Waals surface area contributed by atoms with E-state index < -0.39 is 0 Å². The molecule has 1 heterocycles. The molecule has 1 nitrogen and oxygen atoms in total. The predicted molar refractivity (Wildman–Crippen MR) is 78.2 cm³/mol. The number of hydrogen-bond acceptors (Lipinski definition) is 1. The van der Waals surface area contributed by atoms with Gasteiger partial charge >= 0.3 is 0 Å². The van der Waals surface area contributed by atoms with E-state index in [4.69, 9.17) is 0 Å². The molecule has 0 N–H and O–H groups in total. The lowest BCUT2D eigenvalue weighted by molar-refractivity contribution is 1.32. The van der Waals surface area contributed by atoms with Crippen LogP contribution in [0.5, 0.6) is 0 Å². The van der Waals surface area contributed by atoms with Crippen molar-refractivity contribution in [1.29, 1.82) is 0 Å². The van der Waals surface area contributed by atoms with Crippen LogP contribution in [0.3, 0.4) is 0 Å². The Kier molecular flexibility index (Phi) is 2.37. The average Bonchev–Trinajstić information content (AvgIpc) is 2.36. The van der Waals surface area contributed by atoms with Crippen molar-refractivity contribution < 1.29 is 0 Å². The van der Waals surface area contributed by atoms with Gasteiger partial charge in [0.05, 0.1) is 5.52 Å². The Balaban J connectivity index is 2.62. The topological polar surface area (TPSA) is 12.9 Å². The number of pyridine rings is 1. The summed E-state index contributed by atoms with van der Waals surface area (Å²) in [5, 5.41) is 3.87. The highest BCUT2D eigenvalue weighted by atomic mass is 14.7. The van der Waals surface area contributed by atoms with Gasteiger partial charge in [0.15, 0.2) is 0 Å². The first kappa shape index (κ1) is 11.2. The van der Waals surface area contributed by atoms with Crippen LogP contribution in [0.25, 0.3) is 21.7 Å². The van der Waals surface area contributed by atoms with Gasteiger partial charge < -0.3 is 0 Å². The molecule has 0 aliphatic rings. The summed E-state index contributed by atoms with van der Waals surface area (Å²) in [6.45, 7) is 8.64. The molecular weight excluding hydrogens is 218 g/mol. The molecule has 0 aliphatic carbocycles. The third-order valence-electron chi connectivity index (χ3n) is 3.83. The van der Waals surface area contributed by atoms with Crippen molar-refractivity contribution in [3.8, 4) is 0 Å². The first-order chi connectivity index (χ1) is 8.58. The van der Waals surface area contributed by atoms with Gasteiger partial charge in [-0.15, -0.1) is 0 Å².